The van der Waals surface area contributed by atoms with Crippen molar-refractivity contribution in [2.45, 2.75) is 45.6 Å². The number of carbonyl (C=O) groups is 1. The number of carbonyl (C=O) groups excluding carboxylic acids is 1. The monoisotopic (exact) mass is 370 g/mol. The molecule has 0 saturated carbocycles. The maximum absolute atomic E-state index is 13.4. The normalized spacial score (nSPS) is 19.8. The Kier molecular flexibility index (Phi) is 4.89. The molecule has 2 aliphatic rings. The third-order valence-corrected chi connectivity index (χ3v) is 5.95. The van der Waals surface area contributed by atoms with E-state index in [2.05, 4.69) is 17.3 Å². The molecule has 0 spiro atoms. The van der Waals surface area contributed by atoms with Gasteiger partial charge in [0.05, 0.1) is 11.3 Å². The molecule has 4 rings (SSSR count). The van der Waals surface area contributed by atoms with Crippen LogP contribution >= 0.6 is 0 Å². The standard InChI is InChI=1S/C21H27FN4O/c1-3-8-26-13-19(14(2)24-26)21(27)25-9-6-15(7-10-25)18-12-23-20-11-16(22)4-5-17(18)20/h4-5,11,13,15,18,23H,3,6-10,12H2,1-2H3. The van der Waals surface area contributed by atoms with Gasteiger partial charge in [0, 0.05) is 44.0 Å². The van der Waals surface area contributed by atoms with Crippen molar-refractivity contribution in [3.8, 4) is 0 Å². The minimum Gasteiger partial charge on any atom is -0.384 e. The molecule has 1 unspecified atom stereocenters. The Morgan fingerprint density at radius 3 is 2.85 bits per heavy atom. The van der Waals surface area contributed by atoms with Gasteiger partial charge in [0.25, 0.3) is 5.91 Å². The van der Waals surface area contributed by atoms with Crippen molar-refractivity contribution in [1.29, 1.82) is 0 Å². The van der Waals surface area contributed by atoms with E-state index in [4.69, 9.17) is 0 Å². The summed E-state index contributed by atoms with van der Waals surface area (Å²) >= 11 is 0. The second-order valence-electron chi connectivity index (χ2n) is 7.74. The van der Waals surface area contributed by atoms with Gasteiger partial charge in [-0.2, -0.15) is 5.10 Å². The lowest BCUT2D eigenvalue weighted by molar-refractivity contribution is 0.0679. The van der Waals surface area contributed by atoms with E-state index in [9.17, 15) is 9.18 Å². The third-order valence-electron chi connectivity index (χ3n) is 5.95. The Morgan fingerprint density at radius 1 is 1.33 bits per heavy atom. The van der Waals surface area contributed by atoms with Crippen LogP contribution in [0.3, 0.4) is 0 Å². The SMILES string of the molecule is CCCn1cc(C(=O)N2CCC(C3CNc4cc(F)ccc43)CC2)c(C)n1. The van der Waals surface area contributed by atoms with Gasteiger partial charge < -0.3 is 10.2 Å². The lowest BCUT2D eigenvalue weighted by Crippen LogP contribution is -2.40. The number of fused-ring (bicyclic) bond motifs is 1. The van der Waals surface area contributed by atoms with Crippen LogP contribution in [0.5, 0.6) is 0 Å². The summed E-state index contributed by atoms with van der Waals surface area (Å²) in [5.41, 5.74) is 3.69. The molecule has 1 N–H and O–H groups in total. The molecule has 1 aromatic heterocycles. The number of benzene rings is 1. The Bertz CT molecular complexity index is 839. The zero-order valence-electron chi connectivity index (χ0n) is 16.0. The van der Waals surface area contributed by atoms with E-state index in [1.165, 1.54) is 5.56 Å². The smallest absolute Gasteiger partial charge is 0.257 e. The highest BCUT2D eigenvalue weighted by Crippen LogP contribution is 2.40. The number of nitrogens with zero attached hydrogens (tertiary/aromatic N) is 3. The average molecular weight is 370 g/mol. The molecule has 2 aromatic rings. The highest BCUT2D eigenvalue weighted by atomic mass is 19.1. The molecule has 27 heavy (non-hydrogen) atoms. The molecule has 2 aliphatic heterocycles. The van der Waals surface area contributed by atoms with Crippen molar-refractivity contribution in [2.75, 3.05) is 25.0 Å². The maximum atomic E-state index is 13.4. The molecule has 5 nitrogen and oxygen atoms in total. The molecule has 0 aliphatic carbocycles. The molecule has 0 radical (unpaired) electrons. The van der Waals surface area contributed by atoms with E-state index in [1.54, 1.807) is 12.1 Å². The number of anilines is 1. The third kappa shape index (κ3) is 3.45. The molecular formula is C21H27FN4O. The van der Waals surface area contributed by atoms with E-state index < -0.39 is 0 Å². The summed E-state index contributed by atoms with van der Waals surface area (Å²) in [6, 6.07) is 5.05. The summed E-state index contributed by atoms with van der Waals surface area (Å²) in [5.74, 6) is 0.839. The molecule has 1 aromatic carbocycles. The van der Waals surface area contributed by atoms with E-state index in [-0.39, 0.29) is 11.7 Å². The van der Waals surface area contributed by atoms with Crippen LogP contribution in [0.1, 0.15) is 53.7 Å². The zero-order valence-corrected chi connectivity index (χ0v) is 16.0. The van der Waals surface area contributed by atoms with Crippen molar-refractivity contribution in [1.82, 2.24) is 14.7 Å². The number of likely N-dealkylation sites (tertiary alicyclic amines) is 1. The van der Waals surface area contributed by atoms with Crippen LogP contribution in [0.15, 0.2) is 24.4 Å². The maximum Gasteiger partial charge on any atom is 0.257 e. The average Bonchev–Trinajstić information content (AvgIpc) is 3.24. The molecular weight excluding hydrogens is 343 g/mol. The first-order chi connectivity index (χ1) is 13.1. The number of hydrogen-bond donors (Lipinski definition) is 1. The predicted octanol–water partition coefficient (Wildman–Crippen LogP) is 3.80. The van der Waals surface area contributed by atoms with Crippen LogP contribution in [0, 0.1) is 18.7 Å². The molecule has 1 saturated heterocycles. The first-order valence-corrected chi connectivity index (χ1v) is 9.93. The summed E-state index contributed by atoms with van der Waals surface area (Å²) in [4.78, 5) is 14.9. The van der Waals surface area contributed by atoms with Crippen molar-refractivity contribution in [3.05, 3.63) is 47.0 Å². The lowest BCUT2D eigenvalue weighted by Gasteiger charge is -2.34. The number of aryl methyl sites for hydroxylation is 2. The minimum atomic E-state index is -0.193. The Labute approximate surface area is 159 Å². The number of aromatic nitrogens is 2. The van der Waals surface area contributed by atoms with Crippen LogP contribution < -0.4 is 5.32 Å². The summed E-state index contributed by atoms with van der Waals surface area (Å²) in [7, 11) is 0. The van der Waals surface area contributed by atoms with E-state index in [0.29, 0.717) is 11.8 Å². The van der Waals surface area contributed by atoms with Crippen molar-refractivity contribution >= 4 is 11.6 Å². The van der Waals surface area contributed by atoms with Gasteiger partial charge in [-0.15, -0.1) is 0 Å². The van der Waals surface area contributed by atoms with E-state index in [1.807, 2.05) is 28.8 Å². The van der Waals surface area contributed by atoms with Crippen LogP contribution in [0.4, 0.5) is 10.1 Å². The Balaban J connectivity index is 1.40. The highest BCUT2D eigenvalue weighted by molar-refractivity contribution is 5.95. The van der Waals surface area contributed by atoms with E-state index in [0.717, 1.165) is 62.4 Å². The molecule has 1 fully saturated rings. The molecule has 1 amide bonds. The van der Waals surface area contributed by atoms with Gasteiger partial charge in [0.2, 0.25) is 0 Å². The second kappa shape index (κ2) is 7.33. The Morgan fingerprint density at radius 2 is 2.11 bits per heavy atom. The molecule has 0 bridgehead atoms. The summed E-state index contributed by atoms with van der Waals surface area (Å²) < 4.78 is 15.3. The fraction of sp³-hybridized carbons (Fsp3) is 0.524. The highest BCUT2D eigenvalue weighted by Gasteiger charge is 2.34. The van der Waals surface area contributed by atoms with Crippen LogP contribution in [0.2, 0.25) is 0 Å². The summed E-state index contributed by atoms with van der Waals surface area (Å²) in [6.07, 6.45) is 4.86. The predicted molar refractivity (Wildman–Crippen MR) is 104 cm³/mol. The van der Waals surface area contributed by atoms with Gasteiger partial charge in [0.1, 0.15) is 5.82 Å². The largest absolute Gasteiger partial charge is 0.384 e. The Hall–Kier alpha value is -2.37. The van der Waals surface area contributed by atoms with Crippen molar-refractivity contribution in [2.24, 2.45) is 5.92 Å². The lowest BCUT2D eigenvalue weighted by atomic mass is 9.81. The van der Waals surface area contributed by atoms with Gasteiger partial charge >= 0.3 is 0 Å². The van der Waals surface area contributed by atoms with Gasteiger partial charge in [-0.1, -0.05) is 13.0 Å². The van der Waals surface area contributed by atoms with Gasteiger partial charge in [0.15, 0.2) is 0 Å². The molecule has 144 valence electrons. The molecule has 1 atom stereocenters. The zero-order chi connectivity index (χ0) is 19.0. The number of halogens is 1. The molecule has 6 heteroatoms. The van der Waals surface area contributed by atoms with Gasteiger partial charge in [-0.05, 0) is 49.8 Å². The van der Waals surface area contributed by atoms with E-state index >= 15 is 0 Å². The molecule has 3 heterocycles. The number of rotatable bonds is 4. The quantitative estimate of drug-likeness (QED) is 0.891. The van der Waals surface area contributed by atoms with Gasteiger partial charge in [-0.25, -0.2) is 4.39 Å². The van der Waals surface area contributed by atoms with Crippen LogP contribution in [0.25, 0.3) is 0 Å². The van der Waals surface area contributed by atoms with Crippen LogP contribution in [-0.4, -0.2) is 40.2 Å². The van der Waals surface area contributed by atoms with Gasteiger partial charge in [-0.3, -0.25) is 9.48 Å². The number of hydrogen-bond acceptors (Lipinski definition) is 3. The summed E-state index contributed by atoms with van der Waals surface area (Å²) in [6.45, 7) is 7.26. The topological polar surface area (TPSA) is 50.2 Å². The fourth-order valence-electron chi connectivity index (χ4n) is 4.50. The number of amides is 1. The number of piperidine rings is 1. The number of nitrogens with one attached hydrogen (secondary N) is 1. The van der Waals surface area contributed by atoms with Crippen molar-refractivity contribution in [3.63, 3.8) is 0 Å². The first kappa shape index (κ1) is 18.0. The van der Waals surface area contributed by atoms with Crippen molar-refractivity contribution < 1.29 is 9.18 Å². The minimum absolute atomic E-state index is 0.0975. The van der Waals surface area contributed by atoms with Crippen LogP contribution in [-0.2, 0) is 6.54 Å². The second-order valence-corrected chi connectivity index (χ2v) is 7.74. The first-order valence-electron chi connectivity index (χ1n) is 9.93. The fourth-order valence-corrected chi connectivity index (χ4v) is 4.50. The summed E-state index contributed by atoms with van der Waals surface area (Å²) in [5, 5.41) is 7.80.